The SMILES string of the molecule is COC(=O)c1nc(C(=O)NCC2CC2)ccc1-c1cc2c(cc1C(=O)Nc1ccc3c(N)nccc3c1)-c1sccc1CO2. The second kappa shape index (κ2) is 11.1. The molecule has 4 N–H and O–H groups in total. The molecule has 0 radical (unpaired) electrons. The number of nitrogen functional groups attached to an aromatic ring is 1. The van der Waals surface area contributed by atoms with Gasteiger partial charge in [-0.25, -0.2) is 14.8 Å². The molecule has 2 aromatic carbocycles. The zero-order valence-corrected chi connectivity index (χ0v) is 24.5. The number of carbonyl (C=O) groups is 3. The number of methoxy groups -OCH3 is 1. The van der Waals surface area contributed by atoms with Crippen molar-refractivity contribution in [3.8, 4) is 27.3 Å². The molecule has 44 heavy (non-hydrogen) atoms. The van der Waals surface area contributed by atoms with Crippen LogP contribution in [0.2, 0.25) is 0 Å². The van der Waals surface area contributed by atoms with Crippen molar-refractivity contribution in [2.24, 2.45) is 5.92 Å². The zero-order valence-electron chi connectivity index (χ0n) is 23.7. The fourth-order valence-electron chi connectivity index (χ4n) is 5.31. The van der Waals surface area contributed by atoms with Gasteiger partial charge in [0.2, 0.25) is 0 Å². The number of hydrogen-bond acceptors (Lipinski definition) is 9. The lowest BCUT2D eigenvalue weighted by Gasteiger charge is -2.22. The van der Waals surface area contributed by atoms with Gasteiger partial charge in [-0.2, -0.15) is 0 Å². The minimum Gasteiger partial charge on any atom is -0.488 e. The Morgan fingerprint density at radius 3 is 2.70 bits per heavy atom. The van der Waals surface area contributed by atoms with Crippen molar-refractivity contribution < 1.29 is 23.9 Å². The Labute approximate surface area is 256 Å². The maximum atomic E-state index is 14.0. The monoisotopic (exact) mass is 605 g/mol. The Kier molecular flexibility index (Phi) is 6.94. The van der Waals surface area contributed by atoms with Crippen molar-refractivity contribution in [1.82, 2.24) is 15.3 Å². The number of anilines is 2. The number of ether oxygens (including phenoxy) is 2. The summed E-state index contributed by atoms with van der Waals surface area (Å²) in [6.45, 7) is 0.943. The van der Waals surface area contributed by atoms with Gasteiger partial charge in [-0.15, -0.1) is 11.3 Å². The Hall–Kier alpha value is -5.29. The zero-order chi connectivity index (χ0) is 30.4. The molecular formula is C33H27N5O5S. The number of nitrogens with zero attached hydrogens (tertiary/aromatic N) is 2. The van der Waals surface area contributed by atoms with Crippen LogP contribution < -0.4 is 21.1 Å². The summed E-state index contributed by atoms with van der Waals surface area (Å²) in [6, 6.07) is 15.9. The van der Waals surface area contributed by atoms with Gasteiger partial charge >= 0.3 is 5.97 Å². The minimum atomic E-state index is -0.733. The maximum Gasteiger partial charge on any atom is 0.357 e. The summed E-state index contributed by atoms with van der Waals surface area (Å²) in [5.41, 5.74) is 9.41. The number of hydrogen-bond donors (Lipinski definition) is 3. The normalized spacial score (nSPS) is 13.4. The van der Waals surface area contributed by atoms with E-state index >= 15 is 0 Å². The van der Waals surface area contributed by atoms with E-state index in [1.165, 1.54) is 7.11 Å². The number of amides is 2. The first-order valence-corrected chi connectivity index (χ1v) is 15.0. The molecule has 0 bridgehead atoms. The Balaban J connectivity index is 1.33. The first kappa shape index (κ1) is 27.5. The van der Waals surface area contributed by atoms with E-state index in [4.69, 9.17) is 15.2 Å². The first-order valence-electron chi connectivity index (χ1n) is 14.1. The van der Waals surface area contributed by atoms with Crippen LogP contribution in [0.25, 0.3) is 32.3 Å². The lowest BCUT2D eigenvalue weighted by atomic mass is 9.92. The van der Waals surface area contributed by atoms with Crippen LogP contribution in [-0.2, 0) is 11.3 Å². The summed E-state index contributed by atoms with van der Waals surface area (Å²) in [7, 11) is 1.25. The van der Waals surface area contributed by atoms with E-state index in [2.05, 4.69) is 20.6 Å². The first-order chi connectivity index (χ1) is 21.4. The van der Waals surface area contributed by atoms with E-state index < -0.39 is 11.9 Å². The van der Waals surface area contributed by atoms with E-state index in [1.807, 2.05) is 23.6 Å². The van der Waals surface area contributed by atoms with Crippen LogP contribution in [0.15, 0.2) is 66.2 Å². The molecule has 10 nitrogen and oxygen atoms in total. The van der Waals surface area contributed by atoms with Gasteiger partial charge < -0.3 is 25.8 Å². The number of aromatic nitrogens is 2. The quantitative estimate of drug-likeness (QED) is 0.201. The van der Waals surface area contributed by atoms with E-state index in [0.717, 1.165) is 39.6 Å². The lowest BCUT2D eigenvalue weighted by Crippen LogP contribution is -2.27. The molecule has 2 aliphatic rings. The third-order valence-corrected chi connectivity index (χ3v) is 8.83. The molecule has 0 saturated heterocycles. The second-order valence-corrected chi connectivity index (χ2v) is 11.7. The fraction of sp³-hybridized carbons (Fsp3) is 0.182. The summed E-state index contributed by atoms with van der Waals surface area (Å²) in [4.78, 5) is 49.5. The van der Waals surface area contributed by atoms with E-state index in [9.17, 15) is 14.4 Å². The van der Waals surface area contributed by atoms with Crippen LogP contribution >= 0.6 is 11.3 Å². The predicted molar refractivity (Wildman–Crippen MR) is 168 cm³/mol. The van der Waals surface area contributed by atoms with Crippen LogP contribution in [0.4, 0.5) is 11.5 Å². The van der Waals surface area contributed by atoms with Crippen LogP contribution in [0.1, 0.15) is 49.7 Å². The largest absolute Gasteiger partial charge is 0.488 e. The van der Waals surface area contributed by atoms with Crippen molar-refractivity contribution in [2.75, 3.05) is 24.7 Å². The van der Waals surface area contributed by atoms with Gasteiger partial charge in [0.25, 0.3) is 11.8 Å². The van der Waals surface area contributed by atoms with Gasteiger partial charge in [-0.3, -0.25) is 9.59 Å². The number of fused-ring (bicyclic) bond motifs is 4. The molecule has 1 aliphatic heterocycles. The van der Waals surface area contributed by atoms with Gasteiger partial charge in [0.15, 0.2) is 5.69 Å². The molecule has 7 rings (SSSR count). The third kappa shape index (κ3) is 5.11. The Bertz CT molecular complexity index is 1980. The number of thiophene rings is 1. The van der Waals surface area contributed by atoms with E-state index in [0.29, 0.717) is 53.0 Å². The van der Waals surface area contributed by atoms with Gasteiger partial charge in [-0.05, 0) is 84.1 Å². The average Bonchev–Trinajstić information content (AvgIpc) is 3.75. The maximum absolute atomic E-state index is 14.0. The Morgan fingerprint density at radius 2 is 1.89 bits per heavy atom. The van der Waals surface area contributed by atoms with E-state index in [-0.39, 0.29) is 17.3 Å². The molecule has 1 saturated carbocycles. The fourth-order valence-corrected chi connectivity index (χ4v) is 6.24. The highest BCUT2D eigenvalue weighted by atomic mass is 32.1. The number of esters is 1. The minimum absolute atomic E-state index is 0.0816. The average molecular weight is 606 g/mol. The van der Waals surface area contributed by atoms with Gasteiger partial charge in [0.1, 0.15) is 23.9 Å². The van der Waals surface area contributed by atoms with Gasteiger partial charge in [0.05, 0.1) is 7.11 Å². The van der Waals surface area contributed by atoms with Crippen molar-refractivity contribution in [2.45, 2.75) is 19.4 Å². The summed E-state index contributed by atoms with van der Waals surface area (Å²) in [5.74, 6) is -0.0649. The number of rotatable bonds is 7. The molecule has 3 aromatic heterocycles. The lowest BCUT2D eigenvalue weighted by molar-refractivity contribution is 0.0594. The van der Waals surface area contributed by atoms with Crippen LogP contribution in [0.3, 0.4) is 0 Å². The second-order valence-electron chi connectivity index (χ2n) is 10.8. The summed E-state index contributed by atoms with van der Waals surface area (Å²) in [5, 5.41) is 9.45. The molecule has 2 amide bonds. The topological polar surface area (TPSA) is 146 Å². The van der Waals surface area contributed by atoms with E-state index in [1.54, 1.807) is 53.9 Å². The van der Waals surface area contributed by atoms with Crippen LogP contribution in [0, 0.1) is 5.92 Å². The summed E-state index contributed by atoms with van der Waals surface area (Å²) < 4.78 is 11.1. The molecule has 0 atom stereocenters. The number of nitrogens with one attached hydrogen (secondary N) is 2. The molecule has 1 fully saturated rings. The molecule has 4 heterocycles. The van der Waals surface area contributed by atoms with Crippen molar-refractivity contribution >= 4 is 51.4 Å². The molecule has 11 heteroatoms. The molecule has 220 valence electrons. The smallest absolute Gasteiger partial charge is 0.357 e. The highest BCUT2D eigenvalue weighted by Crippen LogP contribution is 2.45. The van der Waals surface area contributed by atoms with Crippen molar-refractivity contribution in [3.63, 3.8) is 0 Å². The van der Waals surface area contributed by atoms with Crippen LogP contribution in [-0.4, -0.2) is 41.4 Å². The van der Waals surface area contributed by atoms with Crippen molar-refractivity contribution in [1.29, 1.82) is 0 Å². The standard InChI is InChI=1S/C33H27N5O5S/c1-42-33(41)28-22(6-7-26(38-28)32(40)36-15-17-2-3-17)23-14-27-25(29-19(16-43-27)9-11-44-29)13-24(23)31(39)37-20-4-5-21-18(12-20)8-10-35-30(21)34/h4-14,17H,2-3,15-16H2,1H3,(H2,34,35)(H,36,40)(H,37,39). The highest BCUT2D eigenvalue weighted by Gasteiger charge is 2.28. The molecule has 0 unspecified atom stereocenters. The number of benzene rings is 2. The summed E-state index contributed by atoms with van der Waals surface area (Å²) >= 11 is 1.56. The Morgan fingerprint density at radius 1 is 1.02 bits per heavy atom. The highest BCUT2D eigenvalue weighted by molar-refractivity contribution is 7.13. The van der Waals surface area contributed by atoms with Gasteiger partial charge in [0, 0.05) is 56.5 Å². The number of nitrogens with two attached hydrogens (primary N) is 1. The molecule has 5 aromatic rings. The van der Waals surface area contributed by atoms with Crippen LogP contribution in [0.5, 0.6) is 5.75 Å². The third-order valence-electron chi connectivity index (χ3n) is 7.84. The summed E-state index contributed by atoms with van der Waals surface area (Å²) in [6.07, 6.45) is 3.78. The van der Waals surface area contributed by atoms with Gasteiger partial charge in [-0.1, -0.05) is 0 Å². The predicted octanol–water partition coefficient (Wildman–Crippen LogP) is 5.68. The number of pyridine rings is 2. The van der Waals surface area contributed by atoms with Crippen molar-refractivity contribution in [3.05, 3.63) is 88.7 Å². The number of carbonyl (C=O) groups excluding carboxylic acids is 3. The molecular weight excluding hydrogens is 578 g/mol. The molecule has 0 spiro atoms. The molecule has 1 aliphatic carbocycles.